The lowest BCUT2D eigenvalue weighted by molar-refractivity contribution is -0.127. The Bertz CT molecular complexity index is 1510. The van der Waals surface area contributed by atoms with Crippen LogP contribution >= 0.6 is 0 Å². The molecule has 9 nitrogen and oxygen atoms in total. The summed E-state index contributed by atoms with van der Waals surface area (Å²) in [4.78, 5) is 29.7. The van der Waals surface area contributed by atoms with Crippen molar-refractivity contribution in [1.82, 2.24) is 24.6 Å². The van der Waals surface area contributed by atoms with E-state index in [1.54, 1.807) is 6.08 Å². The number of aromatic nitrogens is 3. The fourth-order valence-electron chi connectivity index (χ4n) is 4.95. The molecule has 1 aliphatic heterocycles. The van der Waals surface area contributed by atoms with Gasteiger partial charge in [-0.05, 0) is 68.9 Å². The molecule has 0 saturated carbocycles. The Morgan fingerprint density at radius 1 is 1.16 bits per heavy atom. The summed E-state index contributed by atoms with van der Waals surface area (Å²) < 4.78 is 7.84. The summed E-state index contributed by atoms with van der Waals surface area (Å²) in [7, 11) is 3.92. The Balaban J connectivity index is 1.46. The Hall–Kier alpha value is -4.37. The number of nitrogens with two attached hydrogens (primary N) is 1. The largest absolute Gasteiger partial charge is 0.457 e. The van der Waals surface area contributed by atoms with Gasteiger partial charge in [-0.2, -0.15) is 5.10 Å². The van der Waals surface area contributed by atoms with Crippen molar-refractivity contribution in [3.05, 3.63) is 88.9 Å². The summed E-state index contributed by atoms with van der Waals surface area (Å²) in [6.07, 6.45) is 7.20. The standard InChI is InChI=1S/C29H32N6O3/c1-33(2)16-7-11-25(36)34-17-6-8-20(18-34)24-19-35(27-26(24)29(37)32-31-28(27)30)21-12-14-23(15-13-21)38-22-9-4-3-5-10-22/h3-5,7,9-15,19-20H,6,8,16-18H2,1-2H3,(H2,30,31)(H,32,37)/b11-7+/t20-/m1/s1. The van der Waals surface area contributed by atoms with Crippen LogP contribution in [0.2, 0.25) is 0 Å². The van der Waals surface area contributed by atoms with Crippen LogP contribution < -0.4 is 16.0 Å². The van der Waals surface area contributed by atoms with E-state index in [-0.39, 0.29) is 23.2 Å². The highest BCUT2D eigenvalue weighted by atomic mass is 16.5. The first-order valence-electron chi connectivity index (χ1n) is 12.7. The summed E-state index contributed by atoms with van der Waals surface area (Å²) >= 11 is 0. The van der Waals surface area contributed by atoms with E-state index in [0.29, 0.717) is 36.3 Å². The van der Waals surface area contributed by atoms with Crippen molar-refractivity contribution in [3.8, 4) is 17.2 Å². The molecule has 1 amide bonds. The third kappa shape index (κ3) is 5.33. The molecule has 9 heteroatoms. The first-order valence-corrected chi connectivity index (χ1v) is 12.7. The van der Waals surface area contributed by atoms with E-state index in [0.717, 1.165) is 29.8 Å². The lowest BCUT2D eigenvalue weighted by Gasteiger charge is -2.32. The van der Waals surface area contributed by atoms with Crippen LogP contribution in [-0.2, 0) is 4.79 Å². The summed E-state index contributed by atoms with van der Waals surface area (Å²) in [6.45, 7) is 1.94. The number of hydrogen-bond donors (Lipinski definition) is 2. The molecule has 1 saturated heterocycles. The van der Waals surface area contributed by atoms with Gasteiger partial charge in [0.2, 0.25) is 5.91 Å². The molecule has 3 heterocycles. The Kier molecular flexibility index (Phi) is 7.28. The number of piperidine rings is 1. The van der Waals surface area contributed by atoms with E-state index >= 15 is 0 Å². The van der Waals surface area contributed by atoms with Crippen LogP contribution in [0, 0.1) is 0 Å². The molecule has 1 atom stereocenters. The van der Waals surface area contributed by atoms with Crippen LogP contribution in [-0.4, -0.2) is 64.2 Å². The van der Waals surface area contributed by atoms with Crippen LogP contribution in [0.5, 0.6) is 11.5 Å². The van der Waals surface area contributed by atoms with Gasteiger partial charge in [-0.25, -0.2) is 5.10 Å². The maximum absolute atomic E-state index is 13.0. The summed E-state index contributed by atoms with van der Waals surface area (Å²) in [5, 5.41) is 7.09. The van der Waals surface area contributed by atoms with Crippen LogP contribution in [0.25, 0.3) is 16.6 Å². The molecule has 196 valence electrons. The number of nitrogens with zero attached hydrogens (tertiary/aromatic N) is 4. The van der Waals surface area contributed by atoms with Gasteiger partial charge in [0.25, 0.3) is 5.56 Å². The molecule has 0 unspecified atom stereocenters. The van der Waals surface area contributed by atoms with Gasteiger partial charge in [-0.15, -0.1) is 0 Å². The number of likely N-dealkylation sites (N-methyl/N-ethyl adjacent to an activating group) is 1. The van der Waals surface area contributed by atoms with Gasteiger partial charge in [0, 0.05) is 43.5 Å². The highest BCUT2D eigenvalue weighted by Crippen LogP contribution is 2.35. The third-order valence-electron chi connectivity index (χ3n) is 6.78. The molecule has 38 heavy (non-hydrogen) atoms. The molecule has 0 spiro atoms. The van der Waals surface area contributed by atoms with Gasteiger partial charge in [0.05, 0.1) is 5.39 Å². The number of nitrogens with one attached hydrogen (secondary N) is 1. The van der Waals surface area contributed by atoms with Crippen molar-refractivity contribution in [2.75, 3.05) is 39.5 Å². The molecular formula is C29H32N6O3. The molecule has 3 N–H and O–H groups in total. The SMILES string of the molecule is CN(C)C/C=C/C(=O)N1CCC[C@@H](c2cn(-c3ccc(Oc4ccccc4)cc3)c3c(N)n[nH]c(=O)c23)C1. The molecule has 2 aromatic heterocycles. The average Bonchev–Trinajstić information content (AvgIpc) is 3.34. The van der Waals surface area contributed by atoms with Crippen LogP contribution in [0.1, 0.15) is 24.3 Å². The maximum atomic E-state index is 13.0. The lowest BCUT2D eigenvalue weighted by Crippen LogP contribution is -2.38. The van der Waals surface area contributed by atoms with E-state index in [1.165, 1.54) is 0 Å². The highest BCUT2D eigenvalue weighted by Gasteiger charge is 2.28. The Morgan fingerprint density at radius 2 is 1.89 bits per heavy atom. The molecule has 0 radical (unpaired) electrons. The summed E-state index contributed by atoms with van der Waals surface area (Å²) in [5.41, 5.74) is 8.26. The van der Waals surface area contributed by atoms with E-state index < -0.39 is 0 Å². The number of H-pyrrole nitrogens is 1. The van der Waals surface area contributed by atoms with Gasteiger partial charge >= 0.3 is 0 Å². The molecule has 1 aliphatic rings. The molecule has 4 aromatic rings. The number of amides is 1. The number of ether oxygens (including phenoxy) is 1. The second-order valence-electron chi connectivity index (χ2n) is 9.81. The summed E-state index contributed by atoms with van der Waals surface area (Å²) in [5.74, 6) is 1.68. The predicted molar refractivity (Wildman–Crippen MR) is 149 cm³/mol. The number of carbonyl (C=O) groups is 1. The number of likely N-dealkylation sites (tertiary alicyclic amines) is 1. The van der Waals surface area contributed by atoms with Gasteiger partial charge in [0.15, 0.2) is 5.82 Å². The molecular weight excluding hydrogens is 480 g/mol. The number of anilines is 1. The third-order valence-corrected chi connectivity index (χ3v) is 6.78. The number of nitrogen functional groups attached to an aromatic ring is 1. The fraction of sp³-hybridized carbons (Fsp3) is 0.276. The lowest BCUT2D eigenvalue weighted by atomic mass is 9.90. The smallest absolute Gasteiger partial charge is 0.274 e. The number of carbonyl (C=O) groups excluding carboxylic acids is 1. The van der Waals surface area contributed by atoms with Crippen molar-refractivity contribution in [2.24, 2.45) is 0 Å². The number of aromatic amines is 1. The van der Waals surface area contributed by atoms with Crippen molar-refractivity contribution < 1.29 is 9.53 Å². The highest BCUT2D eigenvalue weighted by molar-refractivity contribution is 5.92. The van der Waals surface area contributed by atoms with E-state index in [2.05, 4.69) is 10.2 Å². The Labute approximate surface area is 221 Å². The van der Waals surface area contributed by atoms with Crippen molar-refractivity contribution in [2.45, 2.75) is 18.8 Å². The minimum absolute atomic E-state index is 0.00212. The van der Waals surface area contributed by atoms with Gasteiger partial charge in [-0.1, -0.05) is 24.3 Å². The number of hydrogen-bond acceptors (Lipinski definition) is 6. The number of fused-ring (bicyclic) bond motifs is 1. The van der Waals surface area contributed by atoms with Gasteiger partial charge in [-0.3, -0.25) is 9.59 Å². The second-order valence-corrected chi connectivity index (χ2v) is 9.81. The number of para-hydroxylation sites is 1. The van der Waals surface area contributed by atoms with Crippen LogP contribution in [0.15, 0.2) is 77.7 Å². The summed E-state index contributed by atoms with van der Waals surface area (Å²) in [6, 6.07) is 17.2. The van der Waals surface area contributed by atoms with E-state index in [1.807, 2.05) is 95.3 Å². The minimum atomic E-state index is -0.290. The first kappa shape index (κ1) is 25.3. The monoisotopic (exact) mass is 512 g/mol. The zero-order chi connectivity index (χ0) is 26.6. The zero-order valence-electron chi connectivity index (χ0n) is 21.6. The average molecular weight is 513 g/mol. The quantitative estimate of drug-likeness (QED) is 0.364. The van der Waals surface area contributed by atoms with Crippen molar-refractivity contribution >= 4 is 22.6 Å². The number of benzene rings is 2. The predicted octanol–water partition coefficient (Wildman–Crippen LogP) is 3.91. The van der Waals surface area contributed by atoms with Gasteiger partial charge < -0.3 is 24.8 Å². The molecule has 0 bridgehead atoms. The van der Waals surface area contributed by atoms with E-state index in [9.17, 15) is 9.59 Å². The Morgan fingerprint density at radius 3 is 2.63 bits per heavy atom. The van der Waals surface area contributed by atoms with E-state index in [4.69, 9.17) is 10.5 Å². The number of rotatable bonds is 7. The fourth-order valence-corrected chi connectivity index (χ4v) is 4.95. The minimum Gasteiger partial charge on any atom is -0.457 e. The first-order chi connectivity index (χ1) is 18.4. The van der Waals surface area contributed by atoms with Crippen molar-refractivity contribution in [1.29, 1.82) is 0 Å². The van der Waals surface area contributed by atoms with Crippen LogP contribution in [0.4, 0.5) is 5.82 Å². The van der Waals surface area contributed by atoms with Crippen LogP contribution in [0.3, 0.4) is 0 Å². The zero-order valence-corrected chi connectivity index (χ0v) is 21.6. The maximum Gasteiger partial charge on any atom is 0.274 e. The molecule has 0 aliphatic carbocycles. The molecule has 2 aromatic carbocycles. The molecule has 1 fully saturated rings. The second kappa shape index (κ2) is 10.9. The van der Waals surface area contributed by atoms with Crippen molar-refractivity contribution in [3.63, 3.8) is 0 Å². The topological polar surface area (TPSA) is 109 Å². The van der Waals surface area contributed by atoms with Gasteiger partial charge in [0.1, 0.15) is 17.0 Å². The molecule has 5 rings (SSSR count). The normalized spacial score (nSPS) is 16.0.